The maximum atomic E-state index is 12.8. The fourth-order valence-corrected chi connectivity index (χ4v) is 3.65. The SMILES string of the molecule is CC1NC(c2ccccc2)C(=O)N1C1CCCCCC1. The second kappa shape index (κ2) is 5.96. The third-order valence-electron chi connectivity index (χ3n) is 4.68. The fraction of sp³-hybridized carbons (Fsp3) is 0.588. The van der Waals surface area contributed by atoms with E-state index in [1.165, 1.54) is 38.5 Å². The number of benzene rings is 1. The molecule has 0 spiro atoms. The zero-order chi connectivity index (χ0) is 13.9. The van der Waals surface area contributed by atoms with Crippen molar-refractivity contribution in [3.63, 3.8) is 0 Å². The number of rotatable bonds is 2. The van der Waals surface area contributed by atoms with Gasteiger partial charge in [-0.05, 0) is 25.3 Å². The quantitative estimate of drug-likeness (QED) is 0.838. The Morgan fingerprint density at radius 3 is 2.35 bits per heavy atom. The summed E-state index contributed by atoms with van der Waals surface area (Å²) in [5.41, 5.74) is 1.08. The Labute approximate surface area is 121 Å². The second-order valence-electron chi connectivity index (χ2n) is 6.08. The lowest BCUT2D eigenvalue weighted by Crippen LogP contribution is -2.42. The lowest BCUT2D eigenvalue weighted by atomic mass is 10.0. The molecule has 2 fully saturated rings. The largest absolute Gasteiger partial charge is 0.323 e. The number of carbonyl (C=O) groups is 1. The first-order valence-corrected chi connectivity index (χ1v) is 7.90. The lowest BCUT2D eigenvalue weighted by Gasteiger charge is -2.30. The third kappa shape index (κ3) is 2.59. The Morgan fingerprint density at radius 1 is 1.05 bits per heavy atom. The summed E-state index contributed by atoms with van der Waals surface area (Å²) in [6, 6.07) is 10.4. The number of nitrogens with zero attached hydrogens (tertiary/aromatic N) is 1. The average molecular weight is 272 g/mol. The molecule has 0 radical (unpaired) electrons. The van der Waals surface area contributed by atoms with Gasteiger partial charge < -0.3 is 4.90 Å². The predicted octanol–water partition coefficient (Wildman–Crippen LogP) is 3.23. The predicted molar refractivity (Wildman–Crippen MR) is 80.1 cm³/mol. The Kier molecular flexibility index (Phi) is 4.06. The van der Waals surface area contributed by atoms with Gasteiger partial charge in [0.2, 0.25) is 5.91 Å². The molecule has 2 aliphatic rings. The van der Waals surface area contributed by atoms with Gasteiger partial charge in [-0.2, -0.15) is 0 Å². The minimum absolute atomic E-state index is 0.149. The van der Waals surface area contributed by atoms with Gasteiger partial charge in [0.1, 0.15) is 6.04 Å². The topological polar surface area (TPSA) is 32.3 Å². The van der Waals surface area contributed by atoms with Crippen LogP contribution in [-0.2, 0) is 4.79 Å². The highest BCUT2D eigenvalue weighted by Gasteiger charge is 2.40. The van der Waals surface area contributed by atoms with Crippen LogP contribution in [0.1, 0.15) is 57.1 Å². The molecule has 1 amide bonds. The van der Waals surface area contributed by atoms with Gasteiger partial charge in [-0.15, -0.1) is 0 Å². The van der Waals surface area contributed by atoms with Crippen molar-refractivity contribution in [3.05, 3.63) is 35.9 Å². The maximum Gasteiger partial charge on any atom is 0.245 e. The molecular formula is C17H24N2O. The minimum Gasteiger partial charge on any atom is -0.323 e. The van der Waals surface area contributed by atoms with Crippen molar-refractivity contribution in [2.75, 3.05) is 0 Å². The number of hydrogen-bond donors (Lipinski definition) is 1. The summed E-state index contributed by atoms with van der Waals surface area (Å²) < 4.78 is 0. The van der Waals surface area contributed by atoms with Crippen LogP contribution in [0.2, 0.25) is 0 Å². The zero-order valence-corrected chi connectivity index (χ0v) is 12.2. The highest BCUT2D eigenvalue weighted by Crippen LogP contribution is 2.30. The molecule has 1 aromatic rings. The normalized spacial score (nSPS) is 28.6. The van der Waals surface area contributed by atoms with Crippen LogP contribution in [0, 0.1) is 0 Å². The first kappa shape index (κ1) is 13.6. The van der Waals surface area contributed by atoms with E-state index in [0.29, 0.717) is 6.04 Å². The summed E-state index contributed by atoms with van der Waals surface area (Å²) in [5.74, 6) is 0.260. The van der Waals surface area contributed by atoms with Gasteiger partial charge in [-0.25, -0.2) is 0 Å². The summed E-state index contributed by atoms with van der Waals surface area (Å²) in [6.45, 7) is 2.12. The van der Waals surface area contributed by atoms with Crippen molar-refractivity contribution < 1.29 is 4.79 Å². The molecule has 1 aliphatic carbocycles. The van der Waals surface area contributed by atoms with E-state index in [1.54, 1.807) is 0 Å². The molecule has 108 valence electrons. The molecule has 2 atom stereocenters. The Hall–Kier alpha value is -1.35. The molecular weight excluding hydrogens is 248 g/mol. The molecule has 1 aliphatic heterocycles. The van der Waals surface area contributed by atoms with E-state index >= 15 is 0 Å². The number of amides is 1. The summed E-state index contributed by atoms with van der Waals surface area (Å²) >= 11 is 0. The highest BCUT2D eigenvalue weighted by molar-refractivity contribution is 5.86. The van der Waals surface area contributed by atoms with Gasteiger partial charge in [0, 0.05) is 6.04 Å². The van der Waals surface area contributed by atoms with E-state index in [1.807, 2.05) is 30.3 Å². The van der Waals surface area contributed by atoms with Crippen LogP contribution in [0.5, 0.6) is 0 Å². The molecule has 3 nitrogen and oxygen atoms in total. The summed E-state index contributed by atoms with van der Waals surface area (Å²) in [6.07, 6.45) is 7.65. The third-order valence-corrected chi connectivity index (χ3v) is 4.68. The Balaban J connectivity index is 1.78. The number of nitrogens with one attached hydrogen (secondary N) is 1. The van der Waals surface area contributed by atoms with E-state index in [-0.39, 0.29) is 18.1 Å². The van der Waals surface area contributed by atoms with Crippen LogP contribution in [-0.4, -0.2) is 23.0 Å². The van der Waals surface area contributed by atoms with Crippen LogP contribution in [0.4, 0.5) is 0 Å². The highest BCUT2D eigenvalue weighted by atomic mass is 16.2. The first-order chi connectivity index (χ1) is 9.77. The number of carbonyl (C=O) groups excluding carboxylic acids is 1. The van der Waals surface area contributed by atoms with Crippen LogP contribution < -0.4 is 5.32 Å². The maximum absolute atomic E-state index is 12.8. The molecule has 3 rings (SSSR count). The van der Waals surface area contributed by atoms with Crippen molar-refractivity contribution in [1.29, 1.82) is 0 Å². The Morgan fingerprint density at radius 2 is 1.70 bits per heavy atom. The van der Waals surface area contributed by atoms with E-state index in [0.717, 1.165) is 5.56 Å². The standard InChI is InChI=1S/C17H24N2O/c1-13-18-16(14-9-5-4-6-10-14)17(20)19(13)15-11-7-2-3-8-12-15/h4-6,9-10,13,15-16,18H,2-3,7-8,11-12H2,1H3. The van der Waals surface area contributed by atoms with Crippen molar-refractivity contribution in [3.8, 4) is 0 Å². The average Bonchev–Trinajstić information content (AvgIpc) is 2.67. The van der Waals surface area contributed by atoms with Crippen LogP contribution >= 0.6 is 0 Å². The second-order valence-corrected chi connectivity index (χ2v) is 6.08. The fourth-order valence-electron chi connectivity index (χ4n) is 3.65. The summed E-state index contributed by atoms with van der Waals surface area (Å²) in [5, 5.41) is 3.46. The van der Waals surface area contributed by atoms with Crippen LogP contribution in [0.3, 0.4) is 0 Å². The molecule has 1 N–H and O–H groups in total. The molecule has 0 bridgehead atoms. The summed E-state index contributed by atoms with van der Waals surface area (Å²) in [7, 11) is 0. The minimum atomic E-state index is -0.158. The van der Waals surface area contributed by atoms with Crippen LogP contribution in [0.25, 0.3) is 0 Å². The zero-order valence-electron chi connectivity index (χ0n) is 12.2. The van der Waals surface area contributed by atoms with E-state index in [4.69, 9.17) is 0 Å². The van der Waals surface area contributed by atoms with Gasteiger partial charge in [0.05, 0.1) is 6.17 Å². The van der Waals surface area contributed by atoms with Crippen molar-refractivity contribution >= 4 is 5.91 Å². The molecule has 0 aromatic heterocycles. The molecule has 3 heteroatoms. The van der Waals surface area contributed by atoms with Crippen molar-refractivity contribution in [1.82, 2.24) is 10.2 Å². The van der Waals surface area contributed by atoms with Gasteiger partial charge in [-0.1, -0.05) is 56.0 Å². The smallest absolute Gasteiger partial charge is 0.245 e. The molecule has 1 saturated carbocycles. The number of hydrogen-bond acceptors (Lipinski definition) is 2. The van der Waals surface area contributed by atoms with Crippen molar-refractivity contribution in [2.45, 2.75) is 63.7 Å². The van der Waals surface area contributed by atoms with E-state index in [9.17, 15) is 4.79 Å². The van der Waals surface area contributed by atoms with Gasteiger partial charge >= 0.3 is 0 Å². The molecule has 1 heterocycles. The first-order valence-electron chi connectivity index (χ1n) is 7.90. The van der Waals surface area contributed by atoms with Gasteiger partial charge in [0.15, 0.2) is 0 Å². The Bertz CT molecular complexity index is 451. The monoisotopic (exact) mass is 272 g/mol. The van der Waals surface area contributed by atoms with E-state index in [2.05, 4.69) is 17.1 Å². The molecule has 1 saturated heterocycles. The molecule has 20 heavy (non-hydrogen) atoms. The van der Waals surface area contributed by atoms with Gasteiger partial charge in [0.25, 0.3) is 0 Å². The van der Waals surface area contributed by atoms with Gasteiger partial charge in [-0.3, -0.25) is 10.1 Å². The van der Waals surface area contributed by atoms with E-state index < -0.39 is 0 Å². The molecule has 1 aromatic carbocycles. The summed E-state index contributed by atoms with van der Waals surface area (Å²) in [4.78, 5) is 14.9. The van der Waals surface area contributed by atoms with Crippen LogP contribution in [0.15, 0.2) is 30.3 Å². The van der Waals surface area contributed by atoms with Crippen molar-refractivity contribution in [2.24, 2.45) is 0 Å². The molecule has 2 unspecified atom stereocenters. The lowest BCUT2D eigenvalue weighted by molar-refractivity contribution is -0.132.